The number of carbonyl (C=O) groups is 1. The van der Waals surface area contributed by atoms with Crippen molar-refractivity contribution < 1.29 is 4.79 Å². The van der Waals surface area contributed by atoms with Crippen molar-refractivity contribution >= 4 is 11.6 Å². The van der Waals surface area contributed by atoms with Crippen LogP contribution in [0.3, 0.4) is 0 Å². The van der Waals surface area contributed by atoms with Crippen LogP contribution in [0.15, 0.2) is 18.2 Å². The number of amides is 1. The summed E-state index contributed by atoms with van der Waals surface area (Å²) in [6.07, 6.45) is 3.68. The SMILES string of the molecule is Cc1nc(-c2ccc(C)c(NC(=O)C[C@@H]3CCC[C@H]3N)c2)n[nH]1. The largest absolute Gasteiger partial charge is 0.327 e. The quantitative estimate of drug-likeness (QED) is 0.808. The Morgan fingerprint density at radius 1 is 1.39 bits per heavy atom. The fraction of sp³-hybridized carbons (Fsp3) is 0.471. The third-order valence-corrected chi connectivity index (χ3v) is 4.53. The van der Waals surface area contributed by atoms with Gasteiger partial charge < -0.3 is 11.1 Å². The summed E-state index contributed by atoms with van der Waals surface area (Å²) in [5.41, 5.74) is 8.76. The van der Waals surface area contributed by atoms with Crippen LogP contribution in [-0.2, 0) is 4.79 Å². The molecule has 1 aromatic heterocycles. The maximum Gasteiger partial charge on any atom is 0.224 e. The molecule has 1 aliphatic rings. The Morgan fingerprint density at radius 2 is 2.22 bits per heavy atom. The first-order chi connectivity index (χ1) is 11.0. The number of hydrogen-bond donors (Lipinski definition) is 3. The molecule has 0 spiro atoms. The number of aryl methyl sites for hydroxylation is 2. The minimum Gasteiger partial charge on any atom is -0.327 e. The first kappa shape index (κ1) is 15.7. The molecule has 0 aliphatic heterocycles. The normalized spacial score (nSPS) is 20.7. The fourth-order valence-electron chi connectivity index (χ4n) is 3.13. The van der Waals surface area contributed by atoms with E-state index in [1.807, 2.05) is 32.0 Å². The van der Waals surface area contributed by atoms with Crippen LogP contribution in [0, 0.1) is 19.8 Å². The highest BCUT2D eigenvalue weighted by Gasteiger charge is 2.26. The Balaban J connectivity index is 1.73. The Morgan fingerprint density at radius 3 is 2.87 bits per heavy atom. The van der Waals surface area contributed by atoms with E-state index >= 15 is 0 Å². The summed E-state index contributed by atoms with van der Waals surface area (Å²) in [5.74, 6) is 1.73. The molecule has 2 atom stereocenters. The second-order valence-corrected chi connectivity index (χ2v) is 6.38. The van der Waals surface area contributed by atoms with E-state index in [4.69, 9.17) is 5.73 Å². The average Bonchev–Trinajstić information content (AvgIpc) is 3.11. The Kier molecular flexibility index (Phi) is 4.43. The zero-order valence-electron chi connectivity index (χ0n) is 13.6. The van der Waals surface area contributed by atoms with E-state index in [9.17, 15) is 4.79 Å². The van der Waals surface area contributed by atoms with Crippen LogP contribution < -0.4 is 11.1 Å². The van der Waals surface area contributed by atoms with Gasteiger partial charge >= 0.3 is 0 Å². The van der Waals surface area contributed by atoms with Crippen molar-refractivity contribution in [3.05, 3.63) is 29.6 Å². The molecule has 4 N–H and O–H groups in total. The number of carbonyl (C=O) groups excluding carboxylic acids is 1. The third-order valence-electron chi connectivity index (χ3n) is 4.53. The zero-order valence-corrected chi connectivity index (χ0v) is 13.6. The smallest absolute Gasteiger partial charge is 0.224 e. The zero-order chi connectivity index (χ0) is 16.4. The number of aromatic amines is 1. The van der Waals surface area contributed by atoms with Crippen molar-refractivity contribution in [2.75, 3.05) is 5.32 Å². The average molecular weight is 313 g/mol. The summed E-state index contributed by atoms with van der Waals surface area (Å²) in [6, 6.07) is 6.01. The standard InChI is InChI=1S/C17H23N5O/c1-10-6-7-13(17-19-11(2)21-22-17)8-15(10)20-16(23)9-12-4-3-5-14(12)18/h6-8,12,14H,3-5,9,18H2,1-2H3,(H,20,23)(H,19,21,22)/t12-,14+/m0/s1. The van der Waals surface area contributed by atoms with Crippen molar-refractivity contribution in [3.63, 3.8) is 0 Å². The predicted octanol–water partition coefficient (Wildman–Crippen LogP) is 2.54. The minimum atomic E-state index is 0.0266. The van der Waals surface area contributed by atoms with Crippen LogP contribution in [0.1, 0.15) is 37.1 Å². The van der Waals surface area contributed by atoms with Crippen LogP contribution in [-0.4, -0.2) is 27.1 Å². The molecule has 1 saturated carbocycles. The van der Waals surface area contributed by atoms with Crippen LogP contribution in [0.25, 0.3) is 11.4 Å². The molecule has 3 rings (SSSR count). The summed E-state index contributed by atoms with van der Waals surface area (Å²) >= 11 is 0. The fourth-order valence-corrected chi connectivity index (χ4v) is 3.13. The maximum atomic E-state index is 12.3. The number of hydrogen-bond acceptors (Lipinski definition) is 4. The summed E-state index contributed by atoms with van der Waals surface area (Å²) in [6.45, 7) is 3.84. The summed E-state index contributed by atoms with van der Waals surface area (Å²) in [4.78, 5) is 16.6. The van der Waals surface area contributed by atoms with Gasteiger partial charge in [-0.1, -0.05) is 18.6 Å². The Labute approximate surface area is 135 Å². The topological polar surface area (TPSA) is 96.7 Å². The number of nitrogens with two attached hydrogens (primary N) is 1. The first-order valence-corrected chi connectivity index (χ1v) is 8.08. The van der Waals surface area contributed by atoms with Gasteiger partial charge in [0.25, 0.3) is 0 Å². The van der Waals surface area contributed by atoms with Gasteiger partial charge in [-0.3, -0.25) is 9.89 Å². The van der Waals surface area contributed by atoms with Crippen LogP contribution in [0.5, 0.6) is 0 Å². The second-order valence-electron chi connectivity index (χ2n) is 6.38. The molecule has 1 fully saturated rings. The van der Waals surface area contributed by atoms with Crippen LogP contribution >= 0.6 is 0 Å². The molecule has 6 heteroatoms. The van der Waals surface area contributed by atoms with Gasteiger partial charge in [0.1, 0.15) is 5.82 Å². The number of rotatable bonds is 4. The molecular weight excluding hydrogens is 290 g/mol. The lowest BCUT2D eigenvalue weighted by Gasteiger charge is -2.16. The Hall–Kier alpha value is -2.21. The molecular formula is C17H23N5O. The highest BCUT2D eigenvalue weighted by molar-refractivity contribution is 5.92. The van der Waals surface area contributed by atoms with E-state index in [2.05, 4.69) is 20.5 Å². The lowest BCUT2D eigenvalue weighted by molar-refractivity contribution is -0.117. The van der Waals surface area contributed by atoms with E-state index in [1.165, 1.54) is 0 Å². The molecule has 1 heterocycles. The molecule has 1 aromatic carbocycles. The number of aromatic nitrogens is 3. The molecule has 1 aliphatic carbocycles. The number of benzene rings is 1. The van der Waals surface area contributed by atoms with Crippen molar-refractivity contribution in [3.8, 4) is 11.4 Å². The summed E-state index contributed by atoms with van der Waals surface area (Å²) < 4.78 is 0. The molecule has 2 aromatic rings. The van der Waals surface area contributed by atoms with E-state index in [-0.39, 0.29) is 11.9 Å². The van der Waals surface area contributed by atoms with E-state index < -0.39 is 0 Å². The first-order valence-electron chi connectivity index (χ1n) is 8.08. The Bertz CT molecular complexity index is 709. The van der Waals surface area contributed by atoms with Crippen molar-refractivity contribution in [2.45, 2.75) is 45.6 Å². The van der Waals surface area contributed by atoms with E-state index in [0.29, 0.717) is 18.2 Å². The van der Waals surface area contributed by atoms with Crippen LogP contribution in [0.2, 0.25) is 0 Å². The van der Waals surface area contributed by atoms with Gasteiger partial charge in [0.15, 0.2) is 5.82 Å². The number of nitrogens with zero attached hydrogens (tertiary/aromatic N) is 2. The lowest BCUT2D eigenvalue weighted by atomic mass is 9.99. The van der Waals surface area contributed by atoms with Gasteiger partial charge in [-0.15, -0.1) is 0 Å². The minimum absolute atomic E-state index is 0.0266. The number of nitrogens with one attached hydrogen (secondary N) is 2. The van der Waals surface area contributed by atoms with Crippen LogP contribution in [0.4, 0.5) is 5.69 Å². The predicted molar refractivity (Wildman–Crippen MR) is 89.9 cm³/mol. The van der Waals surface area contributed by atoms with Crippen molar-refractivity contribution in [1.82, 2.24) is 15.2 Å². The molecule has 122 valence electrons. The van der Waals surface area contributed by atoms with E-state index in [0.717, 1.165) is 41.9 Å². The highest BCUT2D eigenvalue weighted by atomic mass is 16.1. The monoisotopic (exact) mass is 313 g/mol. The molecule has 23 heavy (non-hydrogen) atoms. The lowest BCUT2D eigenvalue weighted by Crippen LogP contribution is -2.28. The van der Waals surface area contributed by atoms with Crippen molar-refractivity contribution in [2.24, 2.45) is 11.7 Å². The molecule has 0 saturated heterocycles. The maximum absolute atomic E-state index is 12.3. The number of anilines is 1. The third kappa shape index (κ3) is 3.59. The van der Waals surface area contributed by atoms with Gasteiger partial charge in [0.05, 0.1) is 0 Å². The van der Waals surface area contributed by atoms with Gasteiger partial charge in [-0.2, -0.15) is 5.10 Å². The molecule has 1 amide bonds. The highest BCUT2D eigenvalue weighted by Crippen LogP contribution is 2.28. The second kappa shape index (κ2) is 6.50. The van der Waals surface area contributed by atoms with Crippen molar-refractivity contribution in [1.29, 1.82) is 0 Å². The van der Waals surface area contributed by atoms with E-state index in [1.54, 1.807) is 0 Å². The molecule has 0 radical (unpaired) electrons. The number of H-pyrrole nitrogens is 1. The summed E-state index contributed by atoms with van der Waals surface area (Å²) in [5, 5.41) is 10.0. The van der Waals surface area contributed by atoms with Gasteiger partial charge in [-0.05, 0) is 44.2 Å². The molecule has 0 bridgehead atoms. The van der Waals surface area contributed by atoms with Gasteiger partial charge in [0, 0.05) is 23.7 Å². The molecule has 0 unspecified atom stereocenters. The van der Waals surface area contributed by atoms with Gasteiger partial charge in [-0.25, -0.2) is 4.98 Å². The van der Waals surface area contributed by atoms with Gasteiger partial charge in [0.2, 0.25) is 5.91 Å². The summed E-state index contributed by atoms with van der Waals surface area (Å²) in [7, 11) is 0. The molecule has 6 nitrogen and oxygen atoms in total.